The number of amides is 1. The summed E-state index contributed by atoms with van der Waals surface area (Å²) in [7, 11) is 0. The smallest absolute Gasteiger partial charge is 0.237 e. The van der Waals surface area contributed by atoms with Gasteiger partial charge in [0.2, 0.25) is 11.8 Å². The number of benzene rings is 1. The molecule has 33 heavy (non-hydrogen) atoms. The van der Waals surface area contributed by atoms with Gasteiger partial charge in [0.05, 0.1) is 11.4 Å². The van der Waals surface area contributed by atoms with E-state index in [1.165, 1.54) is 6.33 Å². The van der Waals surface area contributed by atoms with E-state index in [1.54, 1.807) is 17.2 Å². The third-order valence-corrected chi connectivity index (χ3v) is 5.93. The second-order valence-corrected chi connectivity index (χ2v) is 8.09. The first-order valence-corrected chi connectivity index (χ1v) is 11.2. The Bertz CT molecular complexity index is 1280. The second-order valence-electron chi connectivity index (χ2n) is 7.82. The number of ether oxygens (including phenoxy) is 1. The maximum atomic E-state index is 12.1. The molecule has 0 spiro atoms. The molecule has 1 aliphatic heterocycles. The molecule has 0 saturated carbocycles. The Labute approximate surface area is 195 Å². The van der Waals surface area contributed by atoms with Gasteiger partial charge in [0.25, 0.3) is 0 Å². The zero-order chi connectivity index (χ0) is 22.8. The minimum Gasteiger partial charge on any atom is -0.439 e. The number of piperidine rings is 1. The maximum Gasteiger partial charge on any atom is 0.237 e. The molecule has 1 amide bonds. The quantitative estimate of drug-likeness (QED) is 0.449. The van der Waals surface area contributed by atoms with Crippen molar-refractivity contribution < 1.29 is 9.53 Å². The van der Waals surface area contributed by atoms with Crippen LogP contribution in [0.1, 0.15) is 18.9 Å². The molecular weight excluding hydrogens is 442 g/mol. The summed E-state index contributed by atoms with van der Waals surface area (Å²) in [6.45, 7) is 1.21. The Morgan fingerprint density at radius 3 is 2.76 bits per heavy atom. The minimum absolute atomic E-state index is 0.0317. The maximum absolute atomic E-state index is 12.1. The van der Waals surface area contributed by atoms with Crippen LogP contribution in [0.4, 0.5) is 5.82 Å². The second kappa shape index (κ2) is 9.03. The van der Waals surface area contributed by atoms with Crippen molar-refractivity contribution in [1.29, 1.82) is 0 Å². The monoisotopic (exact) mass is 463 g/mol. The molecule has 0 aliphatic carbocycles. The standard InChI is InChI=1S/C23H22ClN7O2/c24-11-19(32)30-10-4-5-16(13-30)31-23-20(22(25)27-14-28-23)21(29-31)15-8-9-18(26-12-15)33-17-6-2-1-3-7-17/h1-3,6-9,12,14,16H,4-5,10-11,13H2,(H2,25,27,28)/t16-/m1/s1. The van der Waals surface area contributed by atoms with Gasteiger partial charge in [-0.05, 0) is 31.0 Å². The highest BCUT2D eigenvalue weighted by molar-refractivity contribution is 6.27. The van der Waals surface area contributed by atoms with E-state index < -0.39 is 0 Å². The highest BCUT2D eigenvalue weighted by Crippen LogP contribution is 2.34. The summed E-state index contributed by atoms with van der Waals surface area (Å²) in [5.41, 5.74) is 8.28. The van der Waals surface area contributed by atoms with E-state index >= 15 is 0 Å². The van der Waals surface area contributed by atoms with Gasteiger partial charge in [-0.25, -0.2) is 19.6 Å². The summed E-state index contributed by atoms with van der Waals surface area (Å²) >= 11 is 5.77. The Morgan fingerprint density at radius 2 is 2.00 bits per heavy atom. The van der Waals surface area contributed by atoms with E-state index in [9.17, 15) is 4.79 Å². The third kappa shape index (κ3) is 4.19. The number of aromatic nitrogens is 5. The van der Waals surface area contributed by atoms with E-state index in [-0.39, 0.29) is 17.8 Å². The summed E-state index contributed by atoms with van der Waals surface area (Å²) in [6, 6.07) is 13.1. The van der Waals surface area contributed by atoms with Crippen LogP contribution < -0.4 is 10.5 Å². The van der Waals surface area contributed by atoms with Crippen LogP contribution in [0.2, 0.25) is 0 Å². The molecule has 3 aromatic heterocycles. The van der Waals surface area contributed by atoms with Gasteiger partial charge in [-0.2, -0.15) is 5.10 Å². The van der Waals surface area contributed by atoms with Crippen LogP contribution >= 0.6 is 11.6 Å². The largest absolute Gasteiger partial charge is 0.439 e. The Kier molecular flexibility index (Phi) is 5.78. The molecule has 1 atom stereocenters. The lowest BCUT2D eigenvalue weighted by Crippen LogP contribution is -2.41. The third-order valence-electron chi connectivity index (χ3n) is 5.70. The predicted octanol–water partition coefficient (Wildman–Crippen LogP) is 3.67. The molecule has 0 unspecified atom stereocenters. The van der Waals surface area contributed by atoms with Gasteiger partial charge < -0.3 is 15.4 Å². The lowest BCUT2D eigenvalue weighted by atomic mass is 10.1. The first-order chi connectivity index (χ1) is 16.1. The molecule has 1 aliphatic rings. The zero-order valence-electron chi connectivity index (χ0n) is 17.8. The number of carbonyl (C=O) groups excluding carboxylic acids is 1. The number of nitrogen functional groups attached to an aromatic ring is 1. The first-order valence-electron chi connectivity index (χ1n) is 10.7. The number of nitrogens with two attached hydrogens (primary N) is 1. The van der Waals surface area contributed by atoms with Crippen molar-refractivity contribution >= 4 is 34.4 Å². The molecule has 0 bridgehead atoms. The van der Waals surface area contributed by atoms with Crippen LogP contribution in [-0.2, 0) is 4.79 Å². The number of carbonyl (C=O) groups is 1. The zero-order valence-corrected chi connectivity index (χ0v) is 18.5. The van der Waals surface area contributed by atoms with Crippen LogP contribution in [0.15, 0.2) is 55.0 Å². The highest BCUT2D eigenvalue weighted by atomic mass is 35.5. The molecule has 1 aromatic carbocycles. The highest BCUT2D eigenvalue weighted by Gasteiger charge is 2.28. The summed E-state index contributed by atoms with van der Waals surface area (Å²) in [5, 5.41) is 5.52. The van der Waals surface area contributed by atoms with E-state index in [1.807, 2.05) is 41.1 Å². The van der Waals surface area contributed by atoms with Crippen LogP contribution in [-0.4, -0.2) is 54.5 Å². The summed E-state index contributed by atoms with van der Waals surface area (Å²) in [4.78, 5) is 27.0. The van der Waals surface area contributed by atoms with Gasteiger partial charge >= 0.3 is 0 Å². The number of para-hydroxylation sites is 1. The number of hydrogen-bond donors (Lipinski definition) is 1. The van der Waals surface area contributed by atoms with Gasteiger partial charge in [-0.3, -0.25) is 4.79 Å². The van der Waals surface area contributed by atoms with Crippen LogP contribution in [0.25, 0.3) is 22.3 Å². The van der Waals surface area contributed by atoms with Gasteiger partial charge in [0.15, 0.2) is 5.65 Å². The number of fused-ring (bicyclic) bond motifs is 1. The average Bonchev–Trinajstić information content (AvgIpc) is 3.26. The summed E-state index contributed by atoms with van der Waals surface area (Å²) in [6.07, 6.45) is 4.85. The average molecular weight is 464 g/mol. The minimum atomic E-state index is -0.0783. The number of pyridine rings is 1. The molecule has 168 valence electrons. The number of anilines is 1. The molecule has 5 rings (SSSR count). The van der Waals surface area contributed by atoms with Crippen molar-refractivity contribution in [3.05, 3.63) is 55.0 Å². The van der Waals surface area contributed by atoms with Crippen molar-refractivity contribution in [3.63, 3.8) is 0 Å². The summed E-state index contributed by atoms with van der Waals surface area (Å²) in [5.74, 6) is 1.41. The van der Waals surface area contributed by atoms with Gasteiger partial charge in [0.1, 0.15) is 29.5 Å². The lowest BCUT2D eigenvalue weighted by Gasteiger charge is -2.32. The van der Waals surface area contributed by atoms with Crippen LogP contribution in [0.3, 0.4) is 0 Å². The van der Waals surface area contributed by atoms with E-state index in [4.69, 9.17) is 27.2 Å². The fourth-order valence-electron chi connectivity index (χ4n) is 4.11. The van der Waals surface area contributed by atoms with Crippen molar-refractivity contribution in [1.82, 2.24) is 29.6 Å². The topological polar surface area (TPSA) is 112 Å². The predicted molar refractivity (Wildman–Crippen MR) is 125 cm³/mol. The molecule has 0 radical (unpaired) electrons. The molecule has 10 heteroatoms. The first kappa shape index (κ1) is 21.1. The van der Waals surface area contributed by atoms with E-state index in [0.29, 0.717) is 47.3 Å². The molecule has 4 aromatic rings. The van der Waals surface area contributed by atoms with Gasteiger partial charge in [-0.15, -0.1) is 11.6 Å². The Morgan fingerprint density at radius 1 is 1.15 bits per heavy atom. The van der Waals surface area contributed by atoms with E-state index in [0.717, 1.165) is 18.4 Å². The number of rotatable bonds is 5. The normalized spacial score (nSPS) is 16.2. The lowest BCUT2D eigenvalue weighted by molar-refractivity contribution is -0.130. The Hall–Kier alpha value is -3.72. The van der Waals surface area contributed by atoms with Crippen molar-refractivity contribution in [3.8, 4) is 22.9 Å². The molecule has 9 nitrogen and oxygen atoms in total. The molecule has 4 heterocycles. The summed E-state index contributed by atoms with van der Waals surface area (Å²) < 4.78 is 7.64. The SMILES string of the molecule is Nc1ncnc2c1c(-c1ccc(Oc3ccccc3)nc1)nn2[C@@H]1CCCN(C(=O)CCl)C1. The van der Waals surface area contributed by atoms with Crippen LogP contribution in [0.5, 0.6) is 11.6 Å². The van der Waals surface area contributed by atoms with Crippen molar-refractivity contribution in [2.24, 2.45) is 0 Å². The molecule has 1 saturated heterocycles. The fraction of sp³-hybridized carbons (Fsp3) is 0.261. The number of halogens is 1. The number of alkyl halides is 1. The van der Waals surface area contributed by atoms with Crippen molar-refractivity contribution in [2.45, 2.75) is 18.9 Å². The van der Waals surface area contributed by atoms with Crippen LogP contribution in [0, 0.1) is 0 Å². The van der Waals surface area contributed by atoms with E-state index in [2.05, 4.69) is 15.0 Å². The molecular formula is C23H22ClN7O2. The molecule has 1 fully saturated rings. The van der Waals surface area contributed by atoms with Gasteiger partial charge in [0, 0.05) is 30.9 Å². The van der Waals surface area contributed by atoms with Crippen molar-refractivity contribution in [2.75, 3.05) is 24.7 Å². The number of likely N-dealkylation sites (tertiary alicyclic amines) is 1. The number of nitrogens with zero attached hydrogens (tertiary/aromatic N) is 6. The molecule has 2 N–H and O–H groups in total. The number of hydrogen-bond acceptors (Lipinski definition) is 7. The fourth-order valence-corrected chi connectivity index (χ4v) is 4.28. The van der Waals surface area contributed by atoms with Gasteiger partial charge in [-0.1, -0.05) is 18.2 Å². The Balaban J connectivity index is 1.49.